The molecule has 3 heteroatoms. The lowest BCUT2D eigenvalue weighted by molar-refractivity contribution is -0.136. The van der Waals surface area contributed by atoms with E-state index in [0.717, 1.165) is 19.1 Å². The third-order valence-corrected chi connectivity index (χ3v) is 8.65. The zero-order valence-corrected chi connectivity index (χ0v) is 14.3. The molecule has 2 nitrogen and oxygen atoms in total. The van der Waals surface area contributed by atoms with Gasteiger partial charge in [0.2, 0.25) is 0 Å². The fourth-order valence-electron chi connectivity index (χ4n) is 4.16. The first-order valence-corrected chi connectivity index (χ1v) is 10.8. The van der Waals surface area contributed by atoms with Crippen molar-refractivity contribution < 1.29 is 9.47 Å². The summed E-state index contributed by atoms with van der Waals surface area (Å²) in [5, 5.41) is 1.51. The van der Waals surface area contributed by atoms with Crippen LogP contribution >= 0.6 is 0 Å². The average molecular weight is 290 g/mol. The van der Waals surface area contributed by atoms with E-state index >= 15 is 0 Å². The first-order valence-electron chi connectivity index (χ1n) is 7.58. The summed E-state index contributed by atoms with van der Waals surface area (Å²) in [6, 6.07) is 12.1. The molecule has 0 saturated carbocycles. The van der Waals surface area contributed by atoms with Gasteiger partial charge in [-0.1, -0.05) is 62.5 Å². The van der Waals surface area contributed by atoms with Crippen LogP contribution in [0, 0.1) is 5.41 Å². The summed E-state index contributed by atoms with van der Waals surface area (Å²) in [6.45, 7) is 12.4. The van der Waals surface area contributed by atoms with Crippen LogP contribution in [0.1, 0.15) is 27.2 Å². The van der Waals surface area contributed by atoms with Crippen molar-refractivity contribution in [1.29, 1.82) is 0 Å². The van der Waals surface area contributed by atoms with Crippen LogP contribution in [-0.4, -0.2) is 26.1 Å². The fourth-order valence-corrected chi connectivity index (χ4v) is 7.54. The molecule has 2 heterocycles. The number of fused-ring (bicyclic) bond motifs is 2. The highest BCUT2D eigenvalue weighted by atomic mass is 28.3. The van der Waals surface area contributed by atoms with Gasteiger partial charge in [-0.2, -0.15) is 0 Å². The van der Waals surface area contributed by atoms with E-state index in [1.54, 1.807) is 0 Å². The number of rotatable bonds is 3. The number of ether oxygens (including phenoxy) is 2. The topological polar surface area (TPSA) is 18.5 Å². The van der Waals surface area contributed by atoms with Crippen molar-refractivity contribution >= 4 is 13.3 Å². The van der Waals surface area contributed by atoms with Crippen molar-refractivity contribution in [1.82, 2.24) is 0 Å². The highest BCUT2D eigenvalue weighted by molar-refractivity contribution is 6.90. The molecule has 0 aromatic heterocycles. The largest absolute Gasteiger partial charge is 0.347 e. The van der Waals surface area contributed by atoms with Gasteiger partial charge < -0.3 is 9.47 Å². The Labute approximate surface area is 123 Å². The maximum absolute atomic E-state index is 6.43. The minimum atomic E-state index is -1.54. The Morgan fingerprint density at radius 1 is 1.10 bits per heavy atom. The summed E-state index contributed by atoms with van der Waals surface area (Å²) in [5.41, 5.74) is 0.0896. The molecule has 0 spiro atoms. The van der Waals surface area contributed by atoms with E-state index in [0.29, 0.717) is 0 Å². The molecule has 2 aliphatic rings. The van der Waals surface area contributed by atoms with Gasteiger partial charge in [-0.25, -0.2) is 0 Å². The van der Waals surface area contributed by atoms with Crippen molar-refractivity contribution in [2.45, 2.75) is 57.7 Å². The van der Waals surface area contributed by atoms with Gasteiger partial charge in [0.05, 0.1) is 20.3 Å². The quantitative estimate of drug-likeness (QED) is 0.793. The van der Waals surface area contributed by atoms with E-state index in [1.807, 2.05) is 0 Å². The van der Waals surface area contributed by atoms with Crippen LogP contribution in [0.4, 0.5) is 0 Å². The fraction of sp³-hybridized carbons (Fsp3) is 0.647. The summed E-state index contributed by atoms with van der Waals surface area (Å²) in [4.78, 5) is 0. The van der Waals surface area contributed by atoms with Crippen LogP contribution in [-0.2, 0) is 9.47 Å². The van der Waals surface area contributed by atoms with Gasteiger partial charge in [0.25, 0.3) is 0 Å². The Hall–Kier alpha value is -0.643. The Morgan fingerprint density at radius 2 is 1.75 bits per heavy atom. The Kier molecular flexibility index (Phi) is 2.99. The monoisotopic (exact) mass is 290 g/mol. The van der Waals surface area contributed by atoms with Gasteiger partial charge in [0, 0.05) is 11.8 Å². The summed E-state index contributed by atoms with van der Waals surface area (Å²) in [5.74, 6) is -0.356. The maximum atomic E-state index is 6.43. The SMILES string of the molecule is CC12CC(C)(C)C(C[Si](C)(C)c3ccccc3)(CO1)O2. The molecule has 0 aliphatic carbocycles. The van der Waals surface area contributed by atoms with Gasteiger partial charge in [-0.3, -0.25) is 0 Å². The van der Waals surface area contributed by atoms with Crippen molar-refractivity contribution in [2.24, 2.45) is 5.41 Å². The van der Waals surface area contributed by atoms with E-state index in [4.69, 9.17) is 9.47 Å². The van der Waals surface area contributed by atoms with E-state index in [-0.39, 0.29) is 16.8 Å². The molecular weight excluding hydrogens is 264 g/mol. The first kappa shape index (κ1) is 14.3. The van der Waals surface area contributed by atoms with Crippen molar-refractivity contribution in [3.05, 3.63) is 30.3 Å². The molecule has 2 aliphatic heterocycles. The van der Waals surface area contributed by atoms with Gasteiger partial charge in [-0.15, -0.1) is 0 Å². The second-order valence-electron chi connectivity index (χ2n) is 8.01. The average Bonchev–Trinajstić information content (AvgIpc) is 2.76. The first-order chi connectivity index (χ1) is 9.18. The molecule has 2 atom stereocenters. The molecule has 1 aromatic rings. The van der Waals surface area contributed by atoms with Crippen LogP contribution in [0.3, 0.4) is 0 Å². The smallest absolute Gasteiger partial charge is 0.167 e. The van der Waals surface area contributed by atoms with E-state index in [2.05, 4.69) is 64.2 Å². The van der Waals surface area contributed by atoms with Crippen molar-refractivity contribution in [3.63, 3.8) is 0 Å². The van der Waals surface area contributed by atoms with Crippen LogP contribution in [0.15, 0.2) is 30.3 Å². The van der Waals surface area contributed by atoms with Gasteiger partial charge in [-0.05, 0) is 13.0 Å². The molecule has 0 radical (unpaired) electrons. The third-order valence-electron chi connectivity index (χ3n) is 5.30. The minimum absolute atomic E-state index is 0.104. The zero-order chi connectivity index (χ0) is 14.6. The predicted octanol–water partition coefficient (Wildman–Crippen LogP) is 3.53. The van der Waals surface area contributed by atoms with Gasteiger partial charge >= 0.3 is 0 Å². The van der Waals surface area contributed by atoms with E-state index in [1.165, 1.54) is 5.19 Å². The van der Waals surface area contributed by atoms with Crippen LogP contribution < -0.4 is 5.19 Å². The van der Waals surface area contributed by atoms with Crippen molar-refractivity contribution in [3.8, 4) is 0 Å². The van der Waals surface area contributed by atoms with E-state index < -0.39 is 8.07 Å². The summed E-state index contributed by atoms with van der Waals surface area (Å²) >= 11 is 0. The molecule has 2 saturated heterocycles. The maximum Gasteiger partial charge on any atom is 0.167 e. The molecule has 0 amide bonds. The van der Waals surface area contributed by atoms with Crippen LogP contribution in [0.5, 0.6) is 0 Å². The standard InChI is InChI=1S/C17H26O2Si/c1-15(2)11-16(3)18-12-17(15,19-16)13-20(4,5)14-9-7-6-8-10-14/h6-10H,11-13H2,1-5H3. The highest BCUT2D eigenvalue weighted by Gasteiger charge is 2.65. The number of benzene rings is 1. The number of hydrogen-bond acceptors (Lipinski definition) is 2. The predicted molar refractivity (Wildman–Crippen MR) is 84.9 cm³/mol. The summed E-state index contributed by atoms with van der Waals surface area (Å²) in [6.07, 6.45) is 0.999. The summed E-state index contributed by atoms with van der Waals surface area (Å²) in [7, 11) is -1.54. The molecule has 2 bridgehead atoms. The Morgan fingerprint density at radius 3 is 2.25 bits per heavy atom. The van der Waals surface area contributed by atoms with E-state index in [9.17, 15) is 0 Å². The lowest BCUT2D eigenvalue weighted by Crippen LogP contribution is -2.54. The second-order valence-corrected chi connectivity index (χ2v) is 12.7. The minimum Gasteiger partial charge on any atom is -0.347 e. The summed E-state index contributed by atoms with van der Waals surface area (Å²) < 4.78 is 12.4. The molecule has 2 unspecified atom stereocenters. The highest BCUT2D eigenvalue weighted by Crippen LogP contribution is 2.59. The lowest BCUT2D eigenvalue weighted by Gasteiger charge is -2.43. The molecule has 20 heavy (non-hydrogen) atoms. The van der Waals surface area contributed by atoms with Gasteiger partial charge in [0.1, 0.15) is 0 Å². The molecule has 2 fully saturated rings. The normalized spacial score (nSPS) is 35.5. The Bertz CT molecular complexity index is 511. The van der Waals surface area contributed by atoms with Crippen LogP contribution in [0.25, 0.3) is 0 Å². The van der Waals surface area contributed by atoms with Gasteiger partial charge in [0.15, 0.2) is 5.79 Å². The Balaban J connectivity index is 1.91. The number of hydrogen-bond donors (Lipinski definition) is 0. The third kappa shape index (κ3) is 2.07. The molecular formula is C17H26O2Si. The second kappa shape index (κ2) is 4.18. The van der Waals surface area contributed by atoms with Crippen molar-refractivity contribution in [2.75, 3.05) is 6.61 Å². The zero-order valence-electron chi connectivity index (χ0n) is 13.3. The molecule has 1 aromatic carbocycles. The molecule has 110 valence electrons. The lowest BCUT2D eigenvalue weighted by atomic mass is 9.73. The molecule has 3 rings (SSSR count). The molecule has 0 N–H and O–H groups in total. The van der Waals surface area contributed by atoms with Crippen LogP contribution in [0.2, 0.25) is 19.1 Å².